The van der Waals surface area contributed by atoms with E-state index in [1.807, 2.05) is 0 Å². The van der Waals surface area contributed by atoms with E-state index in [-0.39, 0.29) is 6.10 Å². The molecule has 1 unspecified atom stereocenters. The van der Waals surface area contributed by atoms with E-state index in [1.165, 1.54) is 22.3 Å². The van der Waals surface area contributed by atoms with E-state index >= 15 is 0 Å². The van der Waals surface area contributed by atoms with Crippen LogP contribution in [0, 0.1) is 6.92 Å². The van der Waals surface area contributed by atoms with Crippen molar-refractivity contribution in [3.63, 3.8) is 0 Å². The van der Waals surface area contributed by atoms with Gasteiger partial charge in [0.05, 0.1) is 12.7 Å². The maximum Gasteiger partial charge on any atom is 0.0952 e. The van der Waals surface area contributed by atoms with Crippen LogP contribution < -0.4 is 5.32 Å². The zero-order chi connectivity index (χ0) is 14.7. The molecule has 2 aromatic rings. The first-order valence-electron chi connectivity index (χ1n) is 7.74. The van der Waals surface area contributed by atoms with Crippen molar-refractivity contribution in [3.05, 3.63) is 70.8 Å². The van der Waals surface area contributed by atoms with Gasteiger partial charge in [-0.15, -0.1) is 0 Å². The minimum absolute atomic E-state index is 0.168. The molecule has 0 amide bonds. The summed E-state index contributed by atoms with van der Waals surface area (Å²) < 4.78 is 5.96. The van der Waals surface area contributed by atoms with Gasteiger partial charge in [-0.2, -0.15) is 0 Å². The van der Waals surface area contributed by atoms with Crippen molar-refractivity contribution in [2.24, 2.45) is 0 Å². The summed E-state index contributed by atoms with van der Waals surface area (Å²) in [4.78, 5) is 0. The molecule has 1 heterocycles. The summed E-state index contributed by atoms with van der Waals surface area (Å²) >= 11 is 0. The Morgan fingerprint density at radius 1 is 1.14 bits per heavy atom. The number of nitrogens with one attached hydrogen (secondary N) is 1. The Kier molecular flexibility index (Phi) is 4.37. The molecule has 0 radical (unpaired) electrons. The van der Waals surface area contributed by atoms with Crippen LogP contribution in [-0.2, 0) is 11.2 Å². The lowest BCUT2D eigenvalue weighted by molar-refractivity contribution is 0.0409. The molecule has 0 saturated heterocycles. The molecule has 110 valence electrons. The number of fused-ring (bicyclic) bond motifs is 1. The number of hydrogen-bond donors (Lipinski definition) is 1. The molecule has 2 heteroatoms. The van der Waals surface area contributed by atoms with Crippen LogP contribution >= 0.6 is 0 Å². The molecule has 1 aliphatic heterocycles. The third-order valence-corrected chi connectivity index (χ3v) is 4.36. The first kappa shape index (κ1) is 14.3. The van der Waals surface area contributed by atoms with Crippen LogP contribution in [0.2, 0.25) is 0 Å². The molecule has 2 aromatic carbocycles. The van der Waals surface area contributed by atoms with Crippen LogP contribution in [-0.4, -0.2) is 13.2 Å². The van der Waals surface area contributed by atoms with Crippen molar-refractivity contribution in [2.75, 3.05) is 13.2 Å². The van der Waals surface area contributed by atoms with E-state index in [2.05, 4.69) is 67.7 Å². The van der Waals surface area contributed by atoms with Gasteiger partial charge in [-0.3, -0.25) is 0 Å². The summed E-state index contributed by atoms with van der Waals surface area (Å²) in [6.45, 7) is 6.06. The van der Waals surface area contributed by atoms with E-state index < -0.39 is 0 Å². The third-order valence-electron chi connectivity index (χ3n) is 4.36. The summed E-state index contributed by atoms with van der Waals surface area (Å²) in [5.74, 6) is 0. The highest BCUT2D eigenvalue weighted by Gasteiger charge is 2.21. The smallest absolute Gasteiger partial charge is 0.0952 e. The van der Waals surface area contributed by atoms with E-state index in [0.29, 0.717) is 6.04 Å². The molecule has 0 aromatic heterocycles. The van der Waals surface area contributed by atoms with Gasteiger partial charge in [0.25, 0.3) is 0 Å². The second-order valence-electron chi connectivity index (χ2n) is 5.79. The van der Waals surface area contributed by atoms with E-state index in [9.17, 15) is 0 Å². The molecular formula is C19H23NO. The molecule has 0 aliphatic carbocycles. The summed E-state index contributed by atoms with van der Waals surface area (Å²) in [6, 6.07) is 17.5. The Morgan fingerprint density at radius 2 is 1.90 bits per heavy atom. The van der Waals surface area contributed by atoms with Gasteiger partial charge in [0, 0.05) is 12.6 Å². The number of aryl methyl sites for hydroxylation is 1. The zero-order valence-electron chi connectivity index (χ0n) is 12.8. The van der Waals surface area contributed by atoms with Crippen molar-refractivity contribution >= 4 is 0 Å². The Bertz CT molecular complexity index is 608. The molecule has 0 fully saturated rings. The Balaban J connectivity index is 1.67. The molecule has 1 aliphatic rings. The van der Waals surface area contributed by atoms with Gasteiger partial charge in [-0.1, -0.05) is 48.5 Å². The van der Waals surface area contributed by atoms with Crippen molar-refractivity contribution < 1.29 is 4.74 Å². The van der Waals surface area contributed by atoms with Gasteiger partial charge < -0.3 is 10.1 Å². The average Bonchev–Trinajstić information content (AvgIpc) is 2.53. The molecule has 0 spiro atoms. The van der Waals surface area contributed by atoms with E-state index in [0.717, 1.165) is 19.6 Å². The SMILES string of the molecule is Cc1ccccc1[C@@H](C)NCC1OCCc2ccccc21. The number of benzene rings is 2. The van der Waals surface area contributed by atoms with Gasteiger partial charge in [0.1, 0.15) is 0 Å². The van der Waals surface area contributed by atoms with Gasteiger partial charge in [-0.05, 0) is 42.5 Å². The fraction of sp³-hybridized carbons (Fsp3) is 0.368. The van der Waals surface area contributed by atoms with Crippen molar-refractivity contribution in [1.82, 2.24) is 5.32 Å². The minimum Gasteiger partial charge on any atom is -0.372 e. The second-order valence-corrected chi connectivity index (χ2v) is 5.79. The normalized spacial score (nSPS) is 19.0. The van der Waals surface area contributed by atoms with Crippen LogP contribution in [0.15, 0.2) is 48.5 Å². The summed E-state index contributed by atoms with van der Waals surface area (Å²) in [5.41, 5.74) is 5.47. The molecule has 0 saturated carbocycles. The van der Waals surface area contributed by atoms with Crippen LogP contribution in [0.5, 0.6) is 0 Å². The summed E-state index contributed by atoms with van der Waals surface area (Å²) in [5, 5.41) is 3.63. The van der Waals surface area contributed by atoms with Crippen LogP contribution in [0.4, 0.5) is 0 Å². The molecule has 3 rings (SSSR count). The molecule has 0 bridgehead atoms. The topological polar surface area (TPSA) is 21.3 Å². The number of hydrogen-bond acceptors (Lipinski definition) is 2. The standard InChI is InChI=1S/C19H23NO/c1-14-7-3-5-9-17(14)15(2)20-13-19-18-10-6-4-8-16(18)11-12-21-19/h3-10,15,19-20H,11-13H2,1-2H3/t15-,19?/m1/s1. The second kappa shape index (κ2) is 6.42. The first-order chi connectivity index (χ1) is 10.3. The third kappa shape index (κ3) is 3.17. The molecule has 21 heavy (non-hydrogen) atoms. The number of rotatable bonds is 4. The van der Waals surface area contributed by atoms with Crippen LogP contribution in [0.25, 0.3) is 0 Å². The lowest BCUT2D eigenvalue weighted by Gasteiger charge is -2.28. The van der Waals surface area contributed by atoms with Gasteiger partial charge >= 0.3 is 0 Å². The predicted molar refractivity (Wildman–Crippen MR) is 86.4 cm³/mol. The Hall–Kier alpha value is -1.64. The largest absolute Gasteiger partial charge is 0.372 e. The highest BCUT2D eigenvalue weighted by molar-refractivity contribution is 5.31. The highest BCUT2D eigenvalue weighted by atomic mass is 16.5. The van der Waals surface area contributed by atoms with Crippen LogP contribution in [0.3, 0.4) is 0 Å². The van der Waals surface area contributed by atoms with Crippen molar-refractivity contribution in [1.29, 1.82) is 0 Å². The fourth-order valence-corrected chi connectivity index (χ4v) is 3.11. The van der Waals surface area contributed by atoms with Gasteiger partial charge in [0.15, 0.2) is 0 Å². The first-order valence-corrected chi connectivity index (χ1v) is 7.74. The quantitative estimate of drug-likeness (QED) is 0.916. The number of ether oxygens (including phenoxy) is 1. The van der Waals surface area contributed by atoms with E-state index in [1.54, 1.807) is 0 Å². The van der Waals surface area contributed by atoms with Crippen molar-refractivity contribution in [3.8, 4) is 0 Å². The zero-order valence-corrected chi connectivity index (χ0v) is 12.8. The molecule has 1 N–H and O–H groups in total. The highest BCUT2D eigenvalue weighted by Crippen LogP contribution is 2.27. The van der Waals surface area contributed by atoms with Crippen LogP contribution in [0.1, 0.15) is 41.3 Å². The minimum atomic E-state index is 0.168. The predicted octanol–water partition coefficient (Wildman–Crippen LogP) is 3.96. The monoisotopic (exact) mass is 281 g/mol. The maximum absolute atomic E-state index is 5.96. The van der Waals surface area contributed by atoms with Gasteiger partial charge in [0.2, 0.25) is 0 Å². The molecular weight excluding hydrogens is 258 g/mol. The lowest BCUT2D eigenvalue weighted by Crippen LogP contribution is -2.29. The fourth-order valence-electron chi connectivity index (χ4n) is 3.11. The van der Waals surface area contributed by atoms with Gasteiger partial charge in [-0.25, -0.2) is 0 Å². The molecule has 2 atom stereocenters. The Morgan fingerprint density at radius 3 is 2.76 bits per heavy atom. The summed E-state index contributed by atoms with van der Waals surface area (Å²) in [6.07, 6.45) is 1.20. The Labute approximate surface area is 127 Å². The van der Waals surface area contributed by atoms with Crippen molar-refractivity contribution in [2.45, 2.75) is 32.4 Å². The average molecular weight is 281 g/mol. The summed E-state index contributed by atoms with van der Waals surface area (Å²) in [7, 11) is 0. The maximum atomic E-state index is 5.96. The van der Waals surface area contributed by atoms with E-state index in [4.69, 9.17) is 4.74 Å². The molecule has 2 nitrogen and oxygen atoms in total. The lowest BCUT2D eigenvalue weighted by atomic mass is 9.97.